The molecule has 2 aromatic rings. The van der Waals surface area contributed by atoms with Crippen molar-refractivity contribution in [3.8, 4) is 0 Å². The molecule has 4 heteroatoms. The Labute approximate surface area is 126 Å². The fourth-order valence-corrected chi connectivity index (χ4v) is 2.77. The number of nitrogens with zero attached hydrogens (tertiary/aromatic N) is 3. The summed E-state index contributed by atoms with van der Waals surface area (Å²) in [7, 11) is 0. The van der Waals surface area contributed by atoms with Gasteiger partial charge in [-0.2, -0.15) is 0 Å². The number of hydrogen-bond donors (Lipinski definition) is 1. The summed E-state index contributed by atoms with van der Waals surface area (Å²) in [5.74, 6) is 1.93. The summed E-state index contributed by atoms with van der Waals surface area (Å²) in [5, 5.41) is 3.33. The maximum atomic E-state index is 4.46. The summed E-state index contributed by atoms with van der Waals surface area (Å²) in [6, 6.07) is 10.8. The smallest absolute Gasteiger partial charge is 0.134 e. The van der Waals surface area contributed by atoms with Crippen LogP contribution in [-0.2, 0) is 13.0 Å². The lowest BCUT2D eigenvalue weighted by atomic mass is 10.0. The van der Waals surface area contributed by atoms with Gasteiger partial charge >= 0.3 is 0 Å². The Morgan fingerprint density at radius 3 is 2.90 bits per heavy atom. The molecular weight excluding hydrogens is 260 g/mol. The van der Waals surface area contributed by atoms with Crippen molar-refractivity contribution in [1.29, 1.82) is 0 Å². The molecule has 1 aromatic carbocycles. The Bertz CT molecular complexity index is 597. The molecule has 0 amide bonds. The summed E-state index contributed by atoms with van der Waals surface area (Å²) in [5.41, 5.74) is 2.88. The van der Waals surface area contributed by atoms with Crippen molar-refractivity contribution in [3.63, 3.8) is 0 Å². The van der Waals surface area contributed by atoms with Crippen molar-refractivity contribution >= 4 is 11.6 Å². The van der Waals surface area contributed by atoms with Crippen molar-refractivity contribution in [3.05, 3.63) is 47.8 Å². The van der Waals surface area contributed by atoms with Crippen LogP contribution in [0.3, 0.4) is 0 Å². The van der Waals surface area contributed by atoms with Gasteiger partial charge < -0.3 is 10.2 Å². The maximum absolute atomic E-state index is 4.46. The highest BCUT2D eigenvalue weighted by atomic mass is 15.2. The number of hydrogen-bond acceptors (Lipinski definition) is 4. The first-order chi connectivity index (χ1) is 10.4. The number of anilines is 2. The molecule has 3 rings (SSSR count). The maximum Gasteiger partial charge on any atom is 0.134 e. The van der Waals surface area contributed by atoms with Crippen molar-refractivity contribution in [2.75, 3.05) is 23.3 Å². The van der Waals surface area contributed by atoms with Crippen LogP contribution in [0.4, 0.5) is 11.6 Å². The standard InChI is InChI=1S/C17H22N4/c1-2-9-18-16-11-17(20-13-19-16)21-10-5-8-14-6-3-4-7-15(14)12-21/h3-4,6-7,11,13H,2,5,8-10,12H2,1H3,(H,18,19,20). The number of nitrogens with one attached hydrogen (secondary N) is 1. The van der Waals surface area contributed by atoms with Gasteiger partial charge in [-0.3, -0.25) is 0 Å². The molecule has 0 spiro atoms. The lowest BCUT2D eigenvalue weighted by Gasteiger charge is -2.22. The predicted octanol–water partition coefficient (Wildman–Crippen LogP) is 3.25. The highest BCUT2D eigenvalue weighted by molar-refractivity contribution is 5.49. The van der Waals surface area contributed by atoms with Gasteiger partial charge in [-0.25, -0.2) is 9.97 Å². The molecule has 0 fully saturated rings. The molecule has 1 N–H and O–H groups in total. The van der Waals surface area contributed by atoms with Crippen LogP contribution in [0.1, 0.15) is 30.9 Å². The second-order valence-corrected chi connectivity index (χ2v) is 5.48. The third-order valence-corrected chi connectivity index (χ3v) is 3.89. The van der Waals surface area contributed by atoms with Crippen molar-refractivity contribution < 1.29 is 0 Å². The van der Waals surface area contributed by atoms with Gasteiger partial charge in [0.15, 0.2) is 0 Å². The van der Waals surface area contributed by atoms with Crippen LogP contribution in [0.25, 0.3) is 0 Å². The fraction of sp³-hybridized carbons (Fsp3) is 0.412. The molecule has 0 atom stereocenters. The minimum Gasteiger partial charge on any atom is -0.370 e. The molecule has 0 saturated heterocycles. The molecule has 0 unspecified atom stereocenters. The van der Waals surface area contributed by atoms with E-state index in [0.717, 1.165) is 44.1 Å². The van der Waals surface area contributed by atoms with Crippen LogP contribution in [0, 0.1) is 0 Å². The topological polar surface area (TPSA) is 41.0 Å². The van der Waals surface area contributed by atoms with Gasteiger partial charge in [-0.1, -0.05) is 31.2 Å². The van der Waals surface area contributed by atoms with E-state index in [9.17, 15) is 0 Å². The molecule has 110 valence electrons. The third-order valence-electron chi connectivity index (χ3n) is 3.89. The second-order valence-electron chi connectivity index (χ2n) is 5.48. The molecular formula is C17H22N4. The van der Waals surface area contributed by atoms with Gasteiger partial charge in [0.2, 0.25) is 0 Å². The van der Waals surface area contributed by atoms with Crippen LogP contribution < -0.4 is 10.2 Å². The molecule has 0 radical (unpaired) electrons. The zero-order chi connectivity index (χ0) is 14.5. The van der Waals surface area contributed by atoms with Crippen molar-refractivity contribution in [1.82, 2.24) is 9.97 Å². The van der Waals surface area contributed by atoms with E-state index in [0.29, 0.717) is 0 Å². The van der Waals surface area contributed by atoms with E-state index in [1.807, 2.05) is 0 Å². The lowest BCUT2D eigenvalue weighted by molar-refractivity contribution is 0.753. The van der Waals surface area contributed by atoms with E-state index in [1.165, 1.54) is 17.5 Å². The largest absolute Gasteiger partial charge is 0.370 e. The van der Waals surface area contributed by atoms with Crippen molar-refractivity contribution in [2.45, 2.75) is 32.7 Å². The fourth-order valence-electron chi connectivity index (χ4n) is 2.77. The number of aromatic nitrogens is 2. The molecule has 0 aliphatic carbocycles. The van der Waals surface area contributed by atoms with E-state index in [1.54, 1.807) is 6.33 Å². The molecule has 1 aromatic heterocycles. The summed E-state index contributed by atoms with van der Waals surface area (Å²) >= 11 is 0. The lowest BCUT2D eigenvalue weighted by Crippen LogP contribution is -2.23. The van der Waals surface area contributed by atoms with E-state index in [4.69, 9.17) is 0 Å². The Morgan fingerprint density at radius 1 is 1.19 bits per heavy atom. The van der Waals surface area contributed by atoms with Crippen LogP contribution in [-0.4, -0.2) is 23.1 Å². The van der Waals surface area contributed by atoms with E-state index in [-0.39, 0.29) is 0 Å². The quantitative estimate of drug-likeness (QED) is 0.934. The van der Waals surface area contributed by atoms with Crippen LogP contribution in [0.15, 0.2) is 36.7 Å². The summed E-state index contributed by atoms with van der Waals surface area (Å²) in [6.07, 6.45) is 5.07. The number of benzene rings is 1. The van der Waals surface area contributed by atoms with Gasteiger partial charge in [0.05, 0.1) is 0 Å². The van der Waals surface area contributed by atoms with Crippen LogP contribution >= 0.6 is 0 Å². The first-order valence-electron chi connectivity index (χ1n) is 7.74. The van der Waals surface area contributed by atoms with Gasteiger partial charge in [-0.15, -0.1) is 0 Å². The molecule has 1 aliphatic rings. The van der Waals surface area contributed by atoms with Crippen LogP contribution in [0.2, 0.25) is 0 Å². The zero-order valence-electron chi connectivity index (χ0n) is 12.5. The Hall–Kier alpha value is -2.10. The number of aryl methyl sites for hydroxylation is 1. The monoisotopic (exact) mass is 282 g/mol. The average molecular weight is 282 g/mol. The van der Waals surface area contributed by atoms with Gasteiger partial charge in [0.25, 0.3) is 0 Å². The second kappa shape index (κ2) is 6.57. The summed E-state index contributed by atoms with van der Waals surface area (Å²) in [6.45, 7) is 5.07. The van der Waals surface area contributed by atoms with Crippen LogP contribution in [0.5, 0.6) is 0 Å². The zero-order valence-corrected chi connectivity index (χ0v) is 12.5. The average Bonchev–Trinajstić information content (AvgIpc) is 2.75. The first kappa shape index (κ1) is 13.9. The summed E-state index contributed by atoms with van der Waals surface area (Å²) in [4.78, 5) is 11.1. The van der Waals surface area contributed by atoms with E-state index in [2.05, 4.69) is 57.4 Å². The number of fused-ring (bicyclic) bond motifs is 1. The third kappa shape index (κ3) is 3.32. The Kier molecular flexibility index (Phi) is 4.34. The summed E-state index contributed by atoms with van der Waals surface area (Å²) < 4.78 is 0. The Morgan fingerprint density at radius 2 is 2.05 bits per heavy atom. The minimum atomic E-state index is 0.916. The highest BCUT2D eigenvalue weighted by Gasteiger charge is 2.15. The van der Waals surface area contributed by atoms with E-state index < -0.39 is 0 Å². The molecule has 4 nitrogen and oxygen atoms in total. The Balaban J connectivity index is 1.80. The SMILES string of the molecule is CCCNc1cc(N2CCCc3ccccc3C2)ncn1. The molecule has 1 aliphatic heterocycles. The predicted molar refractivity (Wildman–Crippen MR) is 86.6 cm³/mol. The van der Waals surface area contributed by atoms with Crippen molar-refractivity contribution in [2.24, 2.45) is 0 Å². The molecule has 0 saturated carbocycles. The molecule has 21 heavy (non-hydrogen) atoms. The normalized spacial score (nSPS) is 14.4. The highest BCUT2D eigenvalue weighted by Crippen LogP contribution is 2.23. The van der Waals surface area contributed by atoms with Gasteiger partial charge in [0.1, 0.15) is 18.0 Å². The minimum absolute atomic E-state index is 0.916. The molecule has 0 bridgehead atoms. The number of rotatable bonds is 4. The first-order valence-corrected chi connectivity index (χ1v) is 7.74. The van der Waals surface area contributed by atoms with Gasteiger partial charge in [0, 0.05) is 25.7 Å². The van der Waals surface area contributed by atoms with Gasteiger partial charge in [-0.05, 0) is 30.4 Å². The van der Waals surface area contributed by atoms with E-state index >= 15 is 0 Å². The molecule has 2 heterocycles.